The number of hydrogen-bond donors (Lipinski definition) is 2. The van der Waals surface area contributed by atoms with Gasteiger partial charge in [0.2, 0.25) is 0 Å². The first kappa shape index (κ1) is 12.0. The Bertz CT molecular complexity index is 468. The summed E-state index contributed by atoms with van der Waals surface area (Å²) in [6, 6.07) is 11.5. The van der Waals surface area contributed by atoms with Gasteiger partial charge in [-0.3, -0.25) is 10.8 Å². The minimum absolute atomic E-state index is 0.0737. The van der Waals surface area contributed by atoms with E-state index in [1.54, 1.807) is 6.20 Å². The van der Waals surface area contributed by atoms with E-state index in [-0.39, 0.29) is 6.04 Å². The highest BCUT2D eigenvalue weighted by atomic mass is 35.5. The average molecular weight is 248 g/mol. The van der Waals surface area contributed by atoms with E-state index in [1.807, 2.05) is 43.3 Å². The summed E-state index contributed by atoms with van der Waals surface area (Å²) in [7, 11) is 0. The molecule has 0 spiro atoms. The van der Waals surface area contributed by atoms with E-state index in [4.69, 9.17) is 17.4 Å². The van der Waals surface area contributed by atoms with Crippen LogP contribution in [0.1, 0.15) is 22.9 Å². The maximum absolute atomic E-state index is 5.98. The molecule has 0 aliphatic heterocycles. The first-order valence-electron chi connectivity index (χ1n) is 5.35. The molecule has 0 saturated carbocycles. The SMILES string of the molecule is Cc1cc(C(NN)c2cccc(Cl)c2)ccn1. The number of aryl methyl sites for hydroxylation is 1. The molecule has 0 bridgehead atoms. The Balaban J connectivity index is 2.40. The molecule has 1 aromatic heterocycles. The average Bonchev–Trinajstić information content (AvgIpc) is 2.30. The fourth-order valence-electron chi connectivity index (χ4n) is 1.82. The van der Waals surface area contributed by atoms with Gasteiger partial charge in [-0.1, -0.05) is 23.7 Å². The standard InChI is InChI=1S/C13H14ClN3/c1-9-7-11(5-6-16-9)13(17-15)10-3-2-4-12(14)8-10/h2-8,13,17H,15H2,1H3. The topological polar surface area (TPSA) is 50.9 Å². The summed E-state index contributed by atoms with van der Waals surface area (Å²) in [4.78, 5) is 4.17. The lowest BCUT2D eigenvalue weighted by molar-refractivity contribution is 0.635. The number of hydrazine groups is 1. The minimum atomic E-state index is -0.0737. The molecule has 3 N–H and O–H groups in total. The number of hydrogen-bond acceptors (Lipinski definition) is 3. The molecule has 1 heterocycles. The largest absolute Gasteiger partial charge is 0.271 e. The predicted molar refractivity (Wildman–Crippen MR) is 69.6 cm³/mol. The van der Waals surface area contributed by atoms with Crippen molar-refractivity contribution in [1.29, 1.82) is 0 Å². The predicted octanol–water partition coefficient (Wildman–Crippen LogP) is 2.60. The third-order valence-electron chi connectivity index (χ3n) is 2.60. The Morgan fingerprint density at radius 1 is 1.24 bits per heavy atom. The molecule has 0 amide bonds. The number of halogens is 1. The van der Waals surface area contributed by atoms with Crippen LogP contribution in [0.15, 0.2) is 42.6 Å². The number of benzene rings is 1. The molecule has 1 unspecified atom stereocenters. The van der Waals surface area contributed by atoms with E-state index in [0.29, 0.717) is 5.02 Å². The molecule has 0 aliphatic carbocycles. The Morgan fingerprint density at radius 2 is 2.00 bits per heavy atom. The molecule has 1 aromatic carbocycles. The number of nitrogens with one attached hydrogen (secondary N) is 1. The van der Waals surface area contributed by atoms with Crippen LogP contribution >= 0.6 is 11.6 Å². The summed E-state index contributed by atoms with van der Waals surface area (Å²) in [6.07, 6.45) is 1.78. The number of rotatable bonds is 3. The van der Waals surface area contributed by atoms with Gasteiger partial charge in [-0.2, -0.15) is 0 Å². The zero-order valence-corrected chi connectivity index (χ0v) is 10.3. The van der Waals surface area contributed by atoms with Gasteiger partial charge in [0.05, 0.1) is 6.04 Å². The molecule has 0 saturated heterocycles. The first-order chi connectivity index (χ1) is 8.20. The van der Waals surface area contributed by atoms with Gasteiger partial charge in [0.15, 0.2) is 0 Å². The summed E-state index contributed by atoms with van der Waals surface area (Å²) in [5.41, 5.74) is 5.87. The lowest BCUT2D eigenvalue weighted by Crippen LogP contribution is -2.28. The molecule has 0 radical (unpaired) electrons. The van der Waals surface area contributed by atoms with Gasteiger partial charge in [-0.15, -0.1) is 0 Å². The van der Waals surface area contributed by atoms with Crippen molar-refractivity contribution in [3.8, 4) is 0 Å². The molecule has 2 aromatic rings. The van der Waals surface area contributed by atoms with Gasteiger partial charge in [0, 0.05) is 16.9 Å². The van der Waals surface area contributed by atoms with E-state index in [1.165, 1.54) is 0 Å². The van der Waals surface area contributed by atoms with E-state index in [0.717, 1.165) is 16.8 Å². The lowest BCUT2D eigenvalue weighted by atomic mass is 10.00. The molecule has 4 heteroatoms. The summed E-state index contributed by atoms with van der Waals surface area (Å²) < 4.78 is 0. The van der Waals surface area contributed by atoms with Crippen LogP contribution in [0.2, 0.25) is 5.02 Å². The van der Waals surface area contributed by atoms with Crippen molar-refractivity contribution < 1.29 is 0 Å². The fraction of sp³-hybridized carbons (Fsp3) is 0.154. The van der Waals surface area contributed by atoms with Crippen LogP contribution in [0.4, 0.5) is 0 Å². The summed E-state index contributed by atoms with van der Waals surface area (Å²) >= 11 is 5.98. The van der Waals surface area contributed by atoms with Crippen LogP contribution in [0.25, 0.3) is 0 Å². The highest BCUT2D eigenvalue weighted by molar-refractivity contribution is 6.30. The van der Waals surface area contributed by atoms with E-state index in [2.05, 4.69) is 10.4 Å². The number of pyridine rings is 1. The van der Waals surface area contributed by atoms with Crippen molar-refractivity contribution >= 4 is 11.6 Å². The molecular formula is C13H14ClN3. The number of aromatic nitrogens is 1. The highest BCUT2D eigenvalue weighted by Crippen LogP contribution is 2.23. The quantitative estimate of drug-likeness (QED) is 0.648. The summed E-state index contributed by atoms with van der Waals surface area (Å²) in [5, 5.41) is 0.702. The summed E-state index contributed by atoms with van der Waals surface area (Å²) in [6.45, 7) is 1.95. The van der Waals surface area contributed by atoms with Gasteiger partial charge < -0.3 is 0 Å². The van der Waals surface area contributed by atoms with Gasteiger partial charge in [0.25, 0.3) is 0 Å². The molecule has 1 atom stereocenters. The minimum Gasteiger partial charge on any atom is -0.271 e. The first-order valence-corrected chi connectivity index (χ1v) is 5.72. The second kappa shape index (κ2) is 5.27. The van der Waals surface area contributed by atoms with Gasteiger partial charge in [-0.05, 0) is 42.3 Å². The Hall–Kier alpha value is -1.42. The zero-order chi connectivity index (χ0) is 12.3. The highest BCUT2D eigenvalue weighted by Gasteiger charge is 2.12. The van der Waals surface area contributed by atoms with Crippen molar-refractivity contribution in [2.75, 3.05) is 0 Å². The Kier molecular flexibility index (Phi) is 3.74. The van der Waals surface area contributed by atoms with Crippen molar-refractivity contribution in [2.24, 2.45) is 5.84 Å². The third kappa shape index (κ3) is 2.82. The molecule has 2 rings (SSSR count). The second-order valence-electron chi connectivity index (χ2n) is 3.89. The third-order valence-corrected chi connectivity index (χ3v) is 2.84. The van der Waals surface area contributed by atoms with Crippen LogP contribution in [0.5, 0.6) is 0 Å². The van der Waals surface area contributed by atoms with Gasteiger partial charge in [-0.25, -0.2) is 5.43 Å². The molecule has 0 aliphatic rings. The monoisotopic (exact) mass is 247 g/mol. The van der Waals surface area contributed by atoms with E-state index < -0.39 is 0 Å². The zero-order valence-electron chi connectivity index (χ0n) is 9.52. The molecule has 0 fully saturated rings. The van der Waals surface area contributed by atoms with Crippen molar-refractivity contribution in [3.63, 3.8) is 0 Å². The van der Waals surface area contributed by atoms with E-state index >= 15 is 0 Å². The molecular weight excluding hydrogens is 234 g/mol. The normalized spacial score (nSPS) is 12.4. The smallest absolute Gasteiger partial charge is 0.0711 e. The van der Waals surface area contributed by atoms with E-state index in [9.17, 15) is 0 Å². The number of nitrogens with two attached hydrogens (primary N) is 1. The second-order valence-corrected chi connectivity index (χ2v) is 4.32. The van der Waals surface area contributed by atoms with Crippen molar-refractivity contribution in [1.82, 2.24) is 10.4 Å². The molecule has 88 valence electrons. The molecule has 17 heavy (non-hydrogen) atoms. The van der Waals surface area contributed by atoms with Crippen LogP contribution in [0, 0.1) is 6.92 Å². The van der Waals surface area contributed by atoms with Gasteiger partial charge >= 0.3 is 0 Å². The maximum Gasteiger partial charge on any atom is 0.0711 e. The summed E-state index contributed by atoms with van der Waals surface area (Å²) in [5.74, 6) is 5.62. The lowest BCUT2D eigenvalue weighted by Gasteiger charge is -2.17. The maximum atomic E-state index is 5.98. The Labute approximate surface area is 106 Å². The van der Waals surface area contributed by atoms with Gasteiger partial charge in [0.1, 0.15) is 0 Å². The van der Waals surface area contributed by atoms with Crippen LogP contribution in [-0.4, -0.2) is 4.98 Å². The fourth-order valence-corrected chi connectivity index (χ4v) is 2.02. The van der Waals surface area contributed by atoms with Crippen LogP contribution < -0.4 is 11.3 Å². The van der Waals surface area contributed by atoms with Crippen LogP contribution in [-0.2, 0) is 0 Å². The van der Waals surface area contributed by atoms with Crippen LogP contribution in [0.3, 0.4) is 0 Å². The number of nitrogens with zero attached hydrogens (tertiary/aromatic N) is 1. The molecule has 3 nitrogen and oxygen atoms in total. The Morgan fingerprint density at radius 3 is 2.65 bits per heavy atom. The van der Waals surface area contributed by atoms with Crippen molar-refractivity contribution in [3.05, 3.63) is 64.4 Å². The van der Waals surface area contributed by atoms with Crippen molar-refractivity contribution in [2.45, 2.75) is 13.0 Å².